The lowest BCUT2D eigenvalue weighted by Crippen LogP contribution is -2.02. The van der Waals surface area contributed by atoms with Gasteiger partial charge in [-0.15, -0.1) is 11.8 Å². The normalized spacial score (nSPS) is 11.0. The zero-order chi connectivity index (χ0) is 9.97. The molecular formula is C10H13N3S. The van der Waals surface area contributed by atoms with Crippen LogP contribution >= 0.6 is 11.8 Å². The summed E-state index contributed by atoms with van der Waals surface area (Å²) in [5, 5.41) is 1.20. The van der Waals surface area contributed by atoms with E-state index in [1.165, 1.54) is 5.03 Å². The zero-order valence-corrected chi connectivity index (χ0v) is 8.92. The van der Waals surface area contributed by atoms with Gasteiger partial charge in [0, 0.05) is 18.5 Å². The Morgan fingerprint density at radius 1 is 1.50 bits per heavy atom. The summed E-state index contributed by atoms with van der Waals surface area (Å²) >= 11 is 1.76. The van der Waals surface area contributed by atoms with Crippen LogP contribution in [0.15, 0.2) is 29.4 Å². The van der Waals surface area contributed by atoms with Gasteiger partial charge in [-0.1, -0.05) is 6.07 Å². The molecule has 3 nitrogen and oxygen atoms in total. The first-order valence-electron chi connectivity index (χ1n) is 4.59. The van der Waals surface area contributed by atoms with Crippen molar-refractivity contribution in [2.45, 2.75) is 11.9 Å². The molecule has 2 rings (SSSR count). The van der Waals surface area contributed by atoms with Gasteiger partial charge in [0.25, 0.3) is 0 Å². The largest absolute Gasteiger partial charge is 0.330 e. The molecule has 0 aliphatic heterocycles. The Labute approximate surface area is 87.3 Å². The quantitative estimate of drug-likeness (QED) is 0.779. The molecular weight excluding hydrogens is 194 g/mol. The Morgan fingerprint density at radius 2 is 2.36 bits per heavy atom. The molecule has 0 unspecified atom stereocenters. The number of fused-ring (bicyclic) bond motifs is 1. The van der Waals surface area contributed by atoms with Crippen molar-refractivity contribution in [3.8, 4) is 0 Å². The maximum Gasteiger partial charge on any atom is 0.137 e. The average Bonchev–Trinajstić information content (AvgIpc) is 2.55. The van der Waals surface area contributed by atoms with Crippen molar-refractivity contribution in [2.24, 2.45) is 5.73 Å². The highest BCUT2D eigenvalue weighted by Crippen LogP contribution is 2.19. The molecule has 0 atom stereocenters. The summed E-state index contributed by atoms with van der Waals surface area (Å²) in [6.45, 7) is 2.71. The highest BCUT2D eigenvalue weighted by Gasteiger charge is 2.02. The maximum atomic E-state index is 5.48. The van der Waals surface area contributed by atoms with Gasteiger partial charge in [-0.3, -0.25) is 4.40 Å². The molecule has 2 aromatic heterocycles. The first-order chi connectivity index (χ1) is 6.81. The van der Waals surface area contributed by atoms with E-state index in [1.807, 2.05) is 25.3 Å². The zero-order valence-electron chi connectivity index (χ0n) is 8.10. The van der Waals surface area contributed by atoms with Crippen molar-refractivity contribution in [3.63, 3.8) is 0 Å². The highest BCUT2D eigenvalue weighted by molar-refractivity contribution is 7.99. The molecule has 0 spiro atoms. The molecule has 2 heterocycles. The van der Waals surface area contributed by atoms with Gasteiger partial charge in [-0.05, 0) is 19.1 Å². The third kappa shape index (κ3) is 1.76. The van der Waals surface area contributed by atoms with E-state index < -0.39 is 0 Å². The van der Waals surface area contributed by atoms with E-state index in [4.69, 9.17) is 5.73 Å². The smallest absolute Gasteiger partial charge is 0.137 e. The van der Waals surface area contributed by atoms with Gasteiger partial charge in [0.1, 0.15) is 5.65 Å². The highest BCUT2D eigenvalue weighted by atomic mass is 32.2. The molecule has 0 aliphatic rings. The van der Waals surface area contributed by atoms with Gasteiger partial charge in [0.15, 0.2) is 0 Å². The first-order valence-corrected chi connectivity index (χ1v) is 5.57. The summed E-state index contributed by atoms with van der Waals surface area (Å²) in [6.07, 6.45) is 2.05. The second-order valence-corrected chi connectivity index (χ2v) is 4.23. The lowest BCUT2D eigenvalue weighted by atomic mass is 10.5. The fourth-order valence-electron chi connectivity index (χ4n) is 1.39. The van der Waals surface area contributed by atoms with E-state index in [0.29, 0.717) is 6.54 Å². The summed E-state index contributed by atoms with van der Waals surface area (Å²) < 4.78 is 2.11. The van der Waals surface area contributed by atoms with Crippen molar-refractivity contribution in [2.75, 3.05) is 12.3 Å². The number of thioether (sulfide) groups is 1. The van der Waals surface area contributed by atoms with Crippen LogP contribution in [-0.4, -0.2) is 21.7 Å². The number of rotatable bonds is 3. The lowest BCUT2D eigenvalue weighted by molar-refractivity contribution is 1.02. The molecule has 74 valence electrons. The van der Waals surface area contributed by atoms with E-state index >= 15 is 0 Å². The van der Waals surface area contributed by atoms with Crippen LogP contribution in [0.2, 0.25) is 0 Å². The molecule has 0 bridgehead atoms. The van der Waals surface area contributed by atoms with E-state index in [9.17, 15) is 0 Å². The third-order valence-corrected chi connectivity index (χ3v) is 3.01. The Morgan fingerprint density at radius 3 is 3.14 bits per heavy atom. The predicted octanol–water partition coefficient (Wildman–Crippen LogP) is 1.69. The van der Waals surface area contributed by atoms with Gasteiger partial charge >= 0.3 is 0 Å². The standard InChI is InChI=1S/C10H13N3S/c1-8-7-13-9(12-8)3-2-4-10(13)14-6-5-11/h2-4,7H,5-6,11H2,1H3. The molecule has 0 fully saturated rings. The molecule has 0 saturated carbocycles. The Bertz CT molecular complexity index is 436. The van der Waals surface area contributed by atoms with Crippen LogP contribution in [0, 0.1) is 6.92 Å². The second-order valence-electron chi connectivity index (χ2n) is 3.11. The molecule has 0 radical (unpaired) electrons. The van der Waals surface area contributed by atoms with Crippen molar-refractivity contribution < 1.29 is 0 Å². The molecule has 0 saturated heterocycles. The number of nitrogens with zero attached hydrogens (tertiary/aromatic N) is 2. The topological polar surface area (TPSA) is 43.3 Å². The molecule has 2 N–H and O–H groups in total. The van der Waals surface area contributed by atoms with Crippen LogP contribution in [0.3, 0.4) is 0 Å². The summed E-state index contributed by atoms with van der Waals surface area (Å²) in [5.74, 6) is 0.941. The summed E-state index contributed by atoms with van der Waals surface area (Å²) in [5.41, 5.74) is 7.53. The minimum atomic E-state index is 0.703. The number of hydrogen-bond donors (Lipinski definition) is 1. The van der Waals surface area contributed by atoms with Gasteiger partial charge < -0.3 is 5.73 Å². The van der Waals surface area contributed by atoms with Crippen LogP contribution in [-0.2, 0) is 0 Å². The molecule has 0 amide bonds. The molecule has 0 aliphatic carbocycles. The number of nitrogens with two attached hydrogens (primary N) is 1. The monoisotopic (exact) mass is 207 g/mol. The van der Waals surface area contributed by atoms with Gasteiger partial charge in [0.2, 0.25) is 0 Å². The summed E-state index contributed by atoms with van der Waals surface area (Å²) in [7, 11) is 0. The second kappa shape index (κ2) is 4.02. The number of hydrogen-bond acceptors (Lipinski definition) is 3. The Balaban J connectivity index is 2.42. The van der Waals surface area contributed by atoms with Crippen molar-refractivity contribution in [3.05, 3.63) is 30.1 Å². The summed E-state index contributed by atoms with van der Waals surface area (Å²) in [4.78, 5) is 4.40. The van der Waals surface area contributed by atoms with Crippen LogP contribution in [0.1, 0.15) is 5.69 Å². The number of aromatic nitrogens is 2. The van der Waals surface area contributed by atoms with Gasteiger partial charge in [0.05, 0.1) is 10.7 Å². The fraction of sp³-hybridized carbons (Fsp3) is 0.300. The van der Waals surface area contributed by atoms with E-state index in [0.717, 1.165) is 17.1 Å². The van der Waals surface area contributed by atoms with E-state index in [1.54, 1.807) is 11.8 Å². The maximum absolute atomic E-state index is 5.48. The Hall–Kier alpha value is -1.00. The molecule has 2 aromatic rings. The predicted molar refractivity (Wildman–Crippen MR) is 59.7 cm³/mol. The first kappa shape index (κ1) is 9.55. The van der Waals surface area contributed by atoms with Crippen LogP contribution in [0.5, 0.6) is 0 Å². The van der Waals surface area contributed by atoms with Crippen molar-refractivity contribution >= 4 is 17.4 Å². The fourth-order valence-corrected chi connectivity index (χ4v) is 2.18. The van der Waals surface area contributed by atoms with Crippen LogP contribution < -0.4 is 5.73 Å². The van der Waals surface area contributed by atoms with Gasteiger partial charge in [-0.25, -0.2) is 4.98 Å². The molecule has 0 aromatic carbocycles. The average molecular weight is 207 g/mol. The van der Waals surface area contributed by atoms with Crippen molar-refractivity contribution in [1.82, 2.24) is 9.38 Å². The lowest BCUT2D eigenvalue weighted by Gasteiger charge is -2.02. The van der Waals surface area contributed by atoms with Crippen molar-refractivity contribution in [1.29, 1.82) is 0 Å². The van der Waals surface area contributed by atoms with Crippen LogP contribution in [0.4, 0.5) is 0 Å². The third-order valence-electron chi connectivity index (χ3n) is 1.94. The molecule has 14 heavy (non-hydrogen) atoms. The Kier molecular flexibility index (Phi) is 2.74. The number of imidazole rings is 1. The number of aryl methyl sites for hydroxylation is 1. The van der Waals surface area contributed by atoms with Crippen LogP contribution in [0.25, 0.3) is 5.65 Å². The number of pyridine rings is 1. The van der Waals surface area contributed by atoms with E-state index in [2.05, 4.69) is 15.5 Å². The molecule has 4 heteroatoms. The SMILES string of the molecule is Cc1cn2c(SCCN)cccc2n1. The summed E-state index contributed by atoms with van der Waals surface area (Å²) in [6, 6.07) is 6.13. The van der Waals surface area contributed by atoms with E-state index in [-0.39, 0.29) is 0 Å². The minimum Gasteiger partial charge on any atom is -0.330 e. The minimum absolute atomic E-state index is 0.703. The van der Waals surface area contributed by atoms with Gasteiger partial charge in [-0.2, -0.15) is 0 Å².